The van der Waals surface area contributed by atoms with Gasteiger partial charge in [0.1, 0.15) is 0 Å². The van der Waals surface area contributed by atoms with Gasteiger partial charge in [-0.2, -0.15) is 0 Å². The van der Waals surface area contributed by atoms with E-state index in [1.54, 1.807) is 4.40 Å². The first kappa shape index (κ1) is 48.3. The summed E-state index contributed by atoms with van der Waals surface area (Å²) in [6.45, 7) is 12.9. The van der Waals surface area contributed by atoms with Crippen molar-refractivity contribution in [2.75, 3.05) is 0 Å². The maximum Gasteiger partial charge on any atom is 0.216 e. The van der Waals surface area contributed by atoms with Gasteiger partial charge < -0.3 is 8.98 Å². The van der Waals surface area contributed by atoms with Crippen molar-refractivity contribution in [1.29, 1.82) is 0 Å². The minimum atomic E-state index is -1.91. The van der Waals surface area contributed by atoms with E-state index in [4.69, 9.17) is 24.4 Å². The van der Waals surface area contributed by atoms with E-state index >= 15 is 0 Å². The maximum absolute atomic E-state index is 6.55. The Labute approximate surface area is 423 Å². The number of hydrogen-bond donors (Lipinski definition) is 0. The summed E-state index contributed by atoms with van der Waals surface area (Å²) >= 11 is -1.91. The van der Waals surface area contributed by atoms with E-state index in [1.165, 1.54) is 48.8 Å². The zero-order chi connectivity index (χ0) is 47.3. The van der Waals surface area contributed by atoms with Crippen molar-refractivity contribution < 1.29 is 24.5 Å². The van der Waals surface area contributed by atoms with Crippen molar-refractivity contribution >= 4 is 61.7 Å². The number of nitrogens with zero attached hydrogens (tertiary/aromatic N) is 5. The van der Waals surface area contributed by atoms with E-state index in [-0.39, 0.29) is 20.1 Å². The number of pyridine rings is 3. The van der Waals surface area contributed by atoms with Gasteiger partial charge in [-0.1, -0.05) is 78.5 Å². The predicted octanol–water partition coefficient (Wildman–Crippen LogP) is 15.6. The molecule has 1 aliphatic rings. The Bertz CT molecular complexity index is 3490. The summed E-state index contributed by atoms with van der Waals surface area (Å²) in [5, 5.41) is 3.12. The molecule has 0 saturated heterocycles. The molecule has 0 amide bonds. The largest absolute Gasteiger partial charge is 0.486 e. The van der Waals surface area contributed by atoms with Crippen LogP contribution in [0, 0.1) is 45.7 Å². The smallest absolute Gasteiger partial charge is 0.216 e. The summed E-state index contributed by atoms with van der Waals surface area (Å²) in [6.07, 6.45) is 10.2. The average Bonchev–Trinajstić information content (AvgIpc) is 3.91. The zero-order valence-electron chi connectivity index (χ0n) is 41.4. The summed E-state index contributed by atoms with van der Waals surface area (Å²) in [7, 11) is 0. The number of furan rings is 1. The van der Waals surface area contributed by atoms with Gasteiger partial charge in [0.15, 0.2) is 0 Å². The van der Waals surface area contributed by atoms with Crippen LogP contribution >= 0.6 is 0 Å². The molecule has 0 bridgehead atoms. The third-order valence-corrected chi connectivity index (χ3v) is 18.2. The molecule has 8 heteroatoms. The van der Waals surface area contributed by atoms with Gasteiger partial charge in [0.05, 0.1) is 28.0 Å². The zero-order valence-corrected chi connectivity index (χ0v) is 45.9. The van der Waals surface area contributed by atoms with E-state index < -0.39 is 13.3 Å². The molecule has 6 nitrogen and oxygen atoms in total. The van der Waals surface area contributed by atoms with E-state index in [2.05, 4.69) is 171 Å². The molecule has 0 atom stereocenters. The van der Waals surface area contributed by atoms with Crippen LogP contribution in [0.1, 0.15) is 85.5 Å². The second-order valence-electron chi connectivity index (χ2n) is 20.5. The minimum absolute atomic E-state index is 0. The van der Waals surface area contributed by atoms with E-state index in [0.29, 0.717) is 11.6 Å². The quantitative estimate of drug-likeness (QED) is 0.112. The van der Waals surface area contributed by atoms with Gasteiger partial charge in [-0.3, -0.25) is 9.97 Å². The fraction of sp³-hybridized carbons (Fsp3) is 0.279. The van der Waals surface area contributed by atoms with Crippen LogP contribution in [0.4, 0.5) is 0 Å². The van der Waals surface area contributed by atoms with Crippen LogP contribution in [0.3, 0.4) is 0 Å². The molecule has 5 heterocycles. The Morgan fingerprint density at radius 3 is 2.30 bits per heavy atom. The van der Waals surface area contributed by atoms with Crippen molar-refractivity contribution in [2.45, 2.75) is 103 Å². The van der Waals surface area contributed by atoms with Gasteiger partial charge in [-0.05, 0) is 56.2 Å². The molecule has 1 saturated carbocycles. The van der Waals surface area contributed by atoms with Crippen LogP contribution in [0.2, 0.25) is 17.3 Å². The molecular weight excluding hydrogens is 1080 g/mol. The summed E-state index contributed by atoms with van der Waals surface area (Å²) in [6, 6.07) is 47.6. The summed E-state index contributed by atoms with van der Waals surface area (Å²) < 4.78 is 10.4. The van der Waals surface area contributed by atoms with E-state index in [9.17, 15) is 0 Å². The molecule has 69 heavy (non-hydrogen) atoms. The standard InChI is InChI=1S/C37H27N4O.C24H34GeN.Ir/c1-21-14-18-28(35-32(21)29-20-22(2)24(4)39-37(29)42-35)36-40-30-19-17-26-16-15-23(3)38-33(26)34(30)41(36)31-13-9-8-12-27(31)25-10-6-5-7-11-25;1-18(2)14-22-16-24(26-17-23(22)25(3,4)5)21-13-9-12-20(15-21)19-10-7-6-8-11-19;/h5-17,19-20H,1-4H3;9,12,15-19H,6-8,10-11,14H2,1-5H3;/q2*-1;. The normalized spacial score (nSPS) is 13.3. The van der Waals surface area contributed by atoms with Crippen LogP contribution in [-0.4, -0.2) is 37.8 Å². The van der Waals surface area contributed by atoms with E-state index in [0.717, 1.165) is 107 Å². The maximum atomic E-state index is 6.55. The molecule has 0 spiro atoms. The molecule has 5 aromatic carbocycles. The molecule has 0 N–H and O–H groups in total. The molecule has 10 aromatic rings. The molecule has 0 unspecified atom stereocenters. The number of fused-ring (bicyclic) bond motifs is 6. The second kappa shape index (κ2) is 19.9. The van der Waals surface area contributed by atoms with Crippen LogP contribution in [0.25, 0.3) is 83.5 Å². The van der Waals surface area contributed by atoms with Crippen LogP contribution in [-0.2, 0) is 26.5 Å². The van der Waals surface area contributed by atoms with Gasteiger partial charge in [-0.25, -0.2) is 4.98 Å². The van der Waals surface area contributed by atoms with Crippen molar-refractivity contribution in [1.82, 2.24) is 24.5 Å². The Morgan fingerprint density at radius 1 is 0.783 bits per heavy atom. The number of benzene rings is 5. The third-order valence-electron chi connectivity index (χ3n) is 13.9. The SMILES string of the molecule is CC(C)Cc1cc(-c2[c-]ccc(C3CCCCC3)c2)nc[c]1[Ge]([CH3])([CH3])[CH3].Cc1ccc2ccc3nc(-c4[c-]cc(C)c5c4oc4nc(C)c(C)cc45)n(-c4ccccc4-c4ccccc4)c3c2n1.[Ir]. The molecule has 351 valence electrons. The van der Waals surface area contributed by atoms with Crippen LogP contribution in [0.5, 0.6) is 0 Å². The van der Waals surface area contributed by atoms with E-state index in [1.807, 2.05) is 26.0 Å². The average molecular weight is 1150 g/mol. The third kappa shape index (κ3) is 9.63. The number of hydrogen-bond acceptors (Lipinski definition) is 5. The topological polar surface area (TPSA) is 69.6 Å². The van der Waals surface area contributed by atoms with Gasteiger partial charge in [-0.15, -0.1) is 17.7 Å². The van der Waals surface area contributed by atoms with Crippen molar-refractivity contribution in [3.63, 3.8) is 0 Å². The molecule has 11 rings (SSSR count). The minimum Gasteiger partial charge on any atom is -0.486 e. The predicted molar refractivity (Wildman–Crippen MR) is 286 cm³/mol. The monoisotopic (exact) mass is 1150 g/mol. The first-order chi connectivity index (χ1) is 32.8. The number of aromatic nitrogens is 5. The first-order valence-electron chi connectivity index (χ1n) is 24.5. The number of aryl methyl sites for hydroxylation is 4. The van der Waals surface area contributed by atoms with Crippen LogP contribution < -0.4 is 4.40 Å². The number of imidazole rings is 1. The summed E-state index contributed by atoms with van der Waals surface area (Å²) in [5.41, 5.74) is 17.6. The number of rotatable bonds is 8. The molecule has 1 radical (unpaired) electrons. The van der Waals surface area contributed by atoms with Crippen molar-refractivity contribution in [3.05, 3.63) is 167 Å². The summed E-state index contributed by atoms with van der Waals surface area (Å²) in [4.78, 5) is 20.0. The van der Waals surface area contributed by atoms with Crippen molar-refractivity contribution in [3.8, 4) is 39.5 Å². The fourth-order valence-electron chi connectivity index (χ4n) is 10.3. The molecule has 0 aliphatic heterocycles. The summed E-state index contributed by atoms with van der Waals surface area (Å²) in [5.74, 6) is 9.56. The van der Waals surface area contributed by atoms with Crippen LogP contribution in [0.15, 0.2) is 126 Å². The molecule has 5 aromatic heterocycles. The molecule has 1 aliphatic carbocycles. The van der Waals surface area contributed by atoms with Gasteiger partial charge in [0.2, 0.25) is 5.71 Å². The molecule has 1 fully saturated rings. The number of para-hydroxylation sites is 1. The van der Waals surface area contributed by atoms with Gasteiger partial charge in [0, 0.05) is 53.5 Å². The van der Waals surface area contributed by atoms with Crippen molar-refractivity contribution in [2.24, 2.45) is 5.92 Å². The Hall–Kier alpha value is -5.73. The fourth-order valence-corrected chi connectivity index (χ4v) is 13.6. The van der Waals surface area contributed by atoms with Gasteiger partial charge in [0.25, 0.3) is 0 Å². The Balaban J connectivity index is 0.000000190. The first-order valence-corrected chi connectivity index (χ1v) is 31.8. The Kier molecular flexibility index (Phi) is 14.0. The Morgan fingerprint density at radius 2 is 1.54 bits per heavy atom. The second-order valence-corrected chi connectivity index (χ2v) is 31.0. The molecular formula is C61H61GeIrN5O-2. The van der Waals surface area contributed by atoms with Gasteiger partial charge >= 0.3 is 163 Å².